The molecule has 0 bridgehead atoms. The summed E-state index contributed by atoms with van der Waals surface area (Å²) in [7, 11) is 0. The molecule has 86 valence electrons. The van der Waals surface area contributed by atoms with Crippen molar-refractivity contribution in [2.24, 2.45) is 5.73 Å². The standard InChI is InChI=1S/C11H14N2O2S/c1-8(10-6-4-3-5-7-10)13(11(12)16)15-9(2)14/h3-8H,1-2H3,(H2,12,16). The first kappa shape index (κ1) is 12.4. The van der Waals surface area contributed by atoms with Crippen molar-refractivity contribution in [2.75, 3.05) is 0 Å². The number of nitrogens with zero attached hydrogens (tertiary/aromatic N) is 1. The SMILES string of the molecule is CC(=O)ON(C(N)=S)C(C)c1ccccc1. The molecule has 16 heavy (non-hydrogen) atoms. The summed E-state index contributed by atoms with van der Waals surface area (Å²) >= 11 is 4.84. The lowest BCUT2D eigenvalue weighted by Crippen LogP contribution is -2.38. The highest BCUT2D eigenvalue weighted by atomic mass is 32.1. The fourth-order valence-corrected chi connectivity index (χ4v) is 1.52. The van der Waals surface area contributed by atoms with Crippen LogP contribution in [-0.2, 0) is 9.63 Å². The van der Waals surface area contributed by atoms with E-state index in [1.807, 2.05) is 37.3 Å². The van der Waals surface area contributed by atoms with Gasteiger partial charge in [-0.15, -0.1) is 0 Å². The van der Waals surface area contributed by atoms with Crippen LogP contribution in [0.2, 0.25) is 0 Å². The van der Waals surface area contributed by atoms with E-state index in [1.54, 1.807) is 0 Å². The lowest BCUT2D eigenvalue weighted by molar-refractivity contribution is -0.176. The number of hydrogen-bond acceptors (Lipinski definition) is 3. The van der Waals surface area contributed by atoms with Crippen molar-refractivity contribution in [1.82, 2.24) is 5.06 Å². The van der Waals surface area contributed by atoms with Gasteiger partial charge in [0.2, 0.25) is 5.11 Å². The maximum Gasteiger partial charge on any atom is 0.329 e. The van der Waals surface area contributed by atoms with Gasteiger partial charge in [0.25, 0.3) is 0 Å². The Bertz CT molecular complexity index is 381. The molecule has 1 unspecified atom stereocenters. The first-order valence-electron chi connectivity index (χ1n) is 4.84. The molecule has 0 aliphatic heterocycles. The van der Waals surface area contributed by atoms with Crippen LogP contribution in [0.25, 0.3) is 0 Å². The van der Waals surface area contributed by atoms with E-state index in [1.165, 1.54) is 12.0 Å². The molecule has 0 fully saturated rings. The third-order valence-corrected chi connectivity index (χ3v) is 2.26. The first-order chi connectivity index (χ1) is 7.52. The Morgan fingerprint density at radius 1 is 1.44 bits per heavy atom. The van der Waals surface area contributed by atoms with E-state index < -0.39 is 5.97 Å². The second-order valence-corrected chi connectivity index (χ2v) is 3.75. The Morgan fingerprint density at radius 2 is 2.00 bits per heavy atom. The van der Waals surface area contributed by atoms with Crippen molar-refractivity contribution in [3.8, 4) is 0 Å². The molecular weight excluding hydrogens is 224 g/mol. The summed E-state index contributed by atoms with van der Waals surface area (Å²) in [5, 5.41) is 1.26. The van der Waals surface area contributed by atoms with Gasteiger partial charge in [-0.05, 0) is 24.7 Å². The van der Waals surface area contributed by atoms with Gasteiger partial charge in [-0.3, -0.25) is 4.79 Å². The average Bonchev–Trinajstić information content (AvgIpc) is 2.25. The van der Waals surface area contributed by atoms with E-state index in [0.717, 1.165) is 5.56 Å². The second kappa shape index (κ2) is 5.46. The van der Waals surface area contributed by atoms with Gasteiger partial charge in [0.05, 0.1) is 6.04 Å². The molecule has 0 aromatic heterocycles. The van der Waals surface area contributed by atoms with Crippen LogP contribution in [0.15, 0.2) is 30.3 Å². The number of carbonyl (C=O) groups excluding carboxylic acids is 1. The highest BCUT2D eigenvalue weighted by Crippen LogP contribution is 2.19. The zero-order chi connectivity index (χ0) is 12.1. The van der Waals surface area contributed by atoms with Gasteiger partial charge in [0.15, 0.2) is 0 Å². The zero-order valence-electron chi connectivity index (χ0n) is 9.21. The molecular formula is C11H14N2O2S. The van der Waals surface area contributed by atoms with Crippen LogP contribution in [0, 0.1) is 0 Å². The summed E-state index contributed by atoms with van der Waals surface area (Å²) in [5.41, 5.74) is 6.47. The molecule has 0 heterocycles. The van der Waals surface area contributed by atoms with Crippen molar-refractivity contribution >= 4 is 23.3 Å². The van der Waals surface area contributed by atoms with Gasteiger partial charge in [-0.1, -0.05) is 30.3 Å². The highest BCUT2D eigenvalue weighted by molar-refractivity contribution is 7.80. The number of nitrogens with two attached hydrogens (primary N) is 1. The van der Waals surface area contributed by atoms with Gasteiger partial charge in [0, 0.05) is 6.92 Å². The number of hydroxylamine groups is 2. The molecule has 0 aliphatic rings. The third kappa shape index (κ3) is 3.20. The number of benzene rings is 1. The number of carbonyl (C=O) groups is 1. The van der Waals surface area contributed by atoms with Crippen LogP contribution in [0.3, 0.4) is 0 Å². The molecule has 0 saturated heterocycles. The number of rotatable bonds is 2. The molecule has 1 rings (SSSR count). The fraction of sp³-hybridized carbons (Fsp3) is 0.273. The Labute approximate surface area is 99.9 Å². The highest BCUT2D eigenvalue weighted by Gasteiger charge is 2.19. The predicted molar refractivity (Wildman–Crippen MR) is 65.2 cm³/mol. The molecule has 0 amide bonds. The minimum atomic E-state index is -0.449. The van der Waals surface area contributed by atoms with Crippen molar-refractivity contribution in [1.29, 1.82) is 0 Å². The monoisotopic (exact) mass is 238 g/mol. The first-order valence-corrected chi connectivity index (χ1v) is 5.25. The minimum absolute atomic E-state index is 0.0338. The maximum atomic E-state index is 10.9. The second-order valence-electron chi connectivity index (χ2n) is 3.33. The summed E-state index contributed by atoms with van der Waals surface area (Å²) in [5.74, 6) is -0.449. The van der Waals surface area contributed by atoms with Crippen LogP contribution >= 0.6 is 12.2 Å². The van der Waals surface area contributed by atoms with Crippen LogP contribution in [0.5, 0.6) is 0 Å². The fourth-order valence-electron chi connectivity index (χ4n) is 1.32. The lowest BCUT2D eigenvalue weighted by atomic mass is 10.1. The number of hydrogen-bond donors (Lipinski definition) is 1. The maximum absolute atomic E-state index is 10.9. The zero-order valence-corrected chi connectivity index (χ0v) is 10.0. The van der Waals surface area contributed by atoms with Crippen LogP contribution in [0.4, 0.5) is 0 Å². The molecule has 5 heteroatoms. The third-order valence-electron chi connectivity index (χ3n) is 2.08. The Morgan fingerprint density at radius 3 is 2.44 bits per heavy atom. The molecule has 1 atom stereocenters. The van der Waals surface area contributed by atoms with E-state index in [-0.39, 0.29) is 11.2 Å². The Kier molecular flexibility index (Phi) is 4.25. The van der Waals surface area contributed by atoms with Crippen LogP contribution in [0.1, 0.15) is 25.5 Å². The summed E-state index contributed by atoms with van der Waals surface area (Å²) in [6.45, 7) is 3.17. The molecule has 4 nitrogen and oxygen atoms in total. The molecule has 0 radical (unpaired) electrons. The van der Waals surface area contributed by atoms with Gasteiger partial charge in [-0.25, -0.2) is 0 Å². The summed E-state index contributed by atoms with van der Waals surface area (Å²) in [6, 6.07) is 9.34. The number of thiocarbonyl (C=S) groups is 1. The van der Waals surface area contributed by atoms with Gasteiger partial charge >= 0.3 is 5.97 Å². The smallest absolute Gasteiger partial charge is 0.329 e. The van der Waals surface area contributed by atoms with Crippen molar-refractivity contribution in [2.45, 2.75) is 19.9 Å². The van der Waals surface area contributed by atoms with Gasteiger partial charge < -0.3 is 10.6 Å². The van der Waals surface area contributed by atoms with Gasteiger partial charge in [0.1, 0.15) is 0 Å². The summed E-state index contributed by atoms with van der Waals surface area (Å²) in [6.07, 6.45) is 0. The topological polar surface area (TPSA) is 55.6 Å². The minimum Gasteiger partial charge on any atom is -0.374 e. The predicted octanol–water partition coefficient (Wildman–Crippen LogP) is 1.77. The molecule has 0 spiro atoms. The van der Waals surface area contributed by atoms with E-state index in [9.17, 15) is 4.79 Å². The van der Waals surface area contributed by atoms with Crippen LogP contribution in [-0.4, -0.2) is 16.1 Å². The van der Waals surface area contributed by atoms with E-state index in [4.69, 9.17) is 22.8 Å². The van der Waals surface area contributed by atoms with Crippen molar-refractivity contribution < 1.29 is 9.63 Å². The van der Waals surface area contributed by atoms with E-state index in [0.29, 0.717) is 0 Å². The molecule has 0 saturated carbocycles. The lowest BCUT2D eigenvalue weighted by Gasteiger charge is -2.27. The Balaban J connectivity index is 2.87. The molecule has 1 aromatic carbocycles. The van der Waals surface area contributed by atoms with Gasteiger partial charge in [-0.2, -0.15) is 5.06 Å². The quantitative estimate of drug-likeness (QED) is 0.628. The van der Waals surface area contributed by atoms with Crippen molar-refractivity contribution in [3.05, 3.63) is 35.9 Å². The summed E-state index contributed by atoms with van der Waals surface area (Å²) < 4.78 is 0. The molecule has 0 aliphatic carbocycles. The van der Waals surface area contributed by atoms with Crippen LogP contribution < -0.4 is 5.73 Å². The molecule has 1 aromatic rings. The normalized spacial score (nSPS) is 11.6. The average molecular weight is 238 g/mol. The van der Waals surface area contributed by atoms with Crippen molar-refractivity contribution in [3.63, 3.8) is 0 Å². The van der Waals surface area contributed by atoms with E-state index in [2.05, 4.69) is 0 Å². The summed E-state index contributed by atoms with van der Waals surface area (Å²) in [4.78, 5) is 15.9. The van der Waals surface area contributed by atoms with E-state index >= 15 is 0 Å². The molecule has 2 N–H and O–H groups in total. The Hall–Kier alpha value is -1.62. The largest absolute Gasteiger partial charge is 0.374 e.